The van der Waals surface area contributed by atoms with Crippen molar-refractivity contribution < 1.29 is 18.0 Å². The number of hydrogen-bond donors (Lipinski definition) is 2. The van der Waals surface area contributed by atoms with E-state index in [0.29, 0.717) is 17.6 Å². The Kier molecular flexibility index (Phi) is 5.04. The number of carbonyl (C=O) groups is 1. The normalized spacial score (nSPS) is 12.1. The third-order valence-electron chi connectivity index (χ3n) is 4.83. The molecule has 0 radical (unpaired) electrons. The quantitative estimate of drug-likeness (QED) is 0.500. The predicted molar refractivity (Wildman–Crippen MR) is 113 cm³/mol. The summed E-state index contributed by atoms with van der Waals surface area (Å²) in [7, 11) is 0. The van der Waals surface area contributed by atoms with Crippen LogP contribution in [0.4, 0.5) is 19.0 Å². The minimum atomic E-state index is -4.52. The molecule has 4 rings (SSSR count). The lowest BCUT2D eigenvalue weighted by atomic mass is 10.2. The number of halogens is 3. The van der Waals surface area contributed by atoms with Gasteiger partial charge < -0.3 is 11.1 Å². The molecule has 6 nitrogen and oxygen atoms in total. The molecule has 4 aromatic rings. The van der Waals surface area contributed by atoms with E-state index >= 15 is 0 Å². The number of carbonyl (C=O) groups excluding carboxylic acids is 1. The number of nitrogen functional groups attached to an aromatic ring is 1. The predicted octanol–water partition coefficient (Wildman–Crippen LogP) is 4.56. The van der Waals surface area contributed by atoms with Gasteiger partial charge in [-0.2, -0.15) is 13.2 Å². The van der Waals surface area contributed by atoms with Crippen molar-refractivity contribution in [1.82, 2.24) is 19.9 Å². The van der Waals surface area contributed by atoms with E-state index in [0.717, 1.165) is 12.1 Å². The smallest absolute Gasteiger partial charge is 0.384 e. The summed E-state index contributed by atoms with van der Waals surface area (Å²) in [4.78, 5) is 22.1. The molecule has 0 aliphatic carbocycles. The summed E-state index contributed by atoms with van der Waals surface area (Å²) in [6, 6.07) is 11.8. The van der Waals surface area contributed by atoms with E-state index in [-0.39, 0.29) is 34.2 Å². The van der Waals surface area contributed by atoms with E-state index in [4.69, 9.17) is 5.73 Å². The first-order valence-corrected chi connectivity index (χ1v) is 9.69. The maximum Gasteiger partial charge on any atom is 0.416 e. The minimum absolute atomic E-state index is 0.0223. The van der Waals surface area contributed by atoms with Crippen molar-refractivity contribution in [1.29, 1.82) is 0 Å². The van der Waals surface area contributed by atoms with E-state index in [9.17, 15) is 18.0 Å². The highest BCUT2D eigenvalue weighted by atomic mass is 19.4. The van der Waals surface area contributed by atoms with Gasteiger partial charge in [0.05, 0.1) is 16.6 Å². The molecular weight excluding hydrogens is 407 g/mol. The van der Waals surface area contributed by atoms with Crippen LogP contribution in [-0.4, -0.2) is 27.0 Å². The molecule has 9 heteroatoms. The Morgan fingerprint density at radius 2 is 1.77 bits per heavy atom. The first-order valence-electron chi connectivity index (χ1n) is 9.69. The molecule has 0 saturated carbocycles. The molecule has 0 aliphatic heterocycles. The number of nitrogens with one attached hydrogen (secondary N) is 1. The fourth-order valence-corrected chi connectivity index (χ4v) is 3.35. The highest BCUT2D eigenvalue weighted by Crippen LogP contribution is 2.34. The van der Waals surface area contributed by atoms with Gasteiger partial charge in [-0.15, -0.1) is 0 Å². The van der Waals surface area contributed by atoms with E-state index in [1.54, 1.807) is 24.3 Å². The van der Waals surface area contributed by atoms with Crippen molar-refractivity contribution in [3.63, 3.8) is 0 Å². The van der Waals surface area contributed by atoms with Gasteiger partial charge in [0.1, 0.15) is 16.9 Å². The number of hydrogen-bond acceptors (Lipinski definition) is 4. The molecule has 2 heterocycles. The molecule has 0 fully saturated rings. The van der Waals surface area contributed by atoms with E-state index in [2.05, 4.69) is 15.3 Å². The number of benzene rings is 2. The number of nitrogens with zero attached hydrogens (tertiary/aromatic N) is 3. The topological polar surface area (TPSA) is 85.8 Å². The average molecular weight is 427 g/mol. The number of anilines is 1. The molecule has 0 spiro atoms. The molecule has 0 saturated heterocycles. The number of nitrogens with two attached hydrogens (primary N) is 1. The van der Waals surface area contributed by atoms with Crippen molar-refractivity contribution in [2.75, 3.05) is 12.3 Å². The molecule has 160 valence electrons. The molecular formula is C22H20F3N5O. The zero-order valence-corrected chi connectivity index (χ0v) is 16.9. The number of para-hydroxylation sites is 2. The Hall–Kier alpha value is -3.62. The molecule has 1 amide bonds. The van der Waals surface area contributed by atoms with Gasteiger partial charge >= 0.3 is 6.18 Å². The van der Waals surface area contributed by atoms with Gasteiger partial charge in [0, 0.05) is 12.2 Å². The van der Waals surface area contributed by atoms with Crippen LogP contribution in [0.15, 0.2) is 48.5 Å². The summed E-state index contributed by atoms with van der Waals surface area (Å²) in [6.45, 7) is 4.31. The molecule has 0 bridgehead atoms. The van der Waals surface area contributed by atoms with Crippen LogP contribution < -0.4 is 11.1 Å². The molecule has 0 atom stereocenters. The van der Waals surface area contributed by atoms with Gasteiger partial charge in [0.25, 0.3) is 5.91 Å². The minimum Gasteiger partial charge on any atom is -0.384 e. The largest absolute Gasteiger partial charge is 0.416 e. The first kappa shape index (κ1) is 20.6. The van der Waals surface area contributed by atoms with Crippen LogP contribution in [-0.2, 0) is 6.18 Å². The molecule has 2 aromatic carbocycles. The second-order valence-corrected chi connectivity index (χ2v) is 7.63. The SMILES string of the molecule is CC(C)CNC(=O)c1c(N)n(-c2cccc(C(F)(F)F)c2)c2nc3ccccc3nc12. The zero-order valence-electron chi connectivity index (χ0n) is 16.9. The number of fused-ring (bicyclic) bond motifs is 2. The standard InChI is InChI=1S/C22H20F3N5O/c1-12(2)11-27-21(31)17-18-20(29-16-9-4-3-8-15(16)28-18)30(19(17)26)14-7-5-6-13(10-14)22(23,24)25/h3-10,12H,11,26H2,1-2H3,(H,27,31). The third kappa shape index (κ3) is 3.78. The Morgan fingerprint density at radius 1 is 1.10 bits per heavy atom. The van der Waals surface area contributed by atoms with Crippen LogP contribution in [0.1, 0.15) is 29.8 Å². The summed E-state index contributed by atoms with van der Waals surface area (Å²) in [5.74, 6) is -0.272. The van der Waals surface area contributed by atoms with Gasteiger partial charge in [0.2, 0.25) is 0 Å². The Bertz CT molecular complexity index is 1290. The van der Waals surface area contributed by atoms with Crippen LogP contribution in [0, 0.1) is 5.92 Å². The van der Waals surface area contributed by atoms with Gasteiger partial charge in [-0.05, 0) is 36.2 Å². The lowest BCUT2D eigenvalue weighted by molar-refractivity contribution is -0.137. The summed E-state index contributed by atoms with van der Waals surface area (Å²) in [5, 5.41) is 2.80. The fourth-order valence-electron chi connectivity index (χ4n) is 3.35. The van der Waals surface area contributed by atoms with Gasteiger partial charge in [-0.3, -0.25) is 9.36 Å². The van der Waals surface area contributed by atoms with Crippen LogP contribution in [0.2, 0.25) is 0 Å². The zero-order chi connectivity index (χ0) is 22.3. The first-order chi connectivity index (χ1) is 14.7. The summed E-state index contributed by atoms with van der Waals surface area (Å²) in [6.07, 6.45) is -4.52. The number of aromatic nitrogens is 3. The van der Waals surface area contributed by atoms with Gasteiger partial charge in [-0.1, -0.05) is 32.0 Å². The summed E-state index contributed by atoms with van der Waals surface area (Å²) >= 11 is 0. The van der Waals surface area contributed by atoms with Crippen LogP contribution in [0.3, 0.4) is 0 Å². The van der Waals surface area contributed by atoms with E-state index in [1.165, 1.54) is 16.7 Å². The highest BCUT2D eigenvalue weighted by molar-refractivity contribution is 6.11. The monoisotopic (exact) mass is 427 g/mol. The fraction of sp³-hybridized carbons (Fsp3) is 0.227. The highest BCUT2D eigenvalue weighted by Gasteiger charge is 2.31. The van der Waals surface area contributed by atoms with Crippen LogP contribution in [0.5, 0.6) is 0 Å². The molecule has 31 heavy (non-hydrogen) atoms. The average Bonchev–Trinajstić information content (AvgIpc) is 3.00. The lowest BCUT2D eigenvalue weighted by Gasteiger charge is -2.12. The van der Waals surface area contributed by atoms with Crippen LogP contribution in [0.25, 0.3) is 27.9 Å². The molecule has 0 aliphatic rings. The van der Waals surface area contributed by atoms with Crippen molar-refractivity contribution in [3.8, 4) is 5.69 Å². The van der Waals surface area contributed by atoms with Crippen molar-refractivity contribution in [2.24, 2.45) is 5.92 Å². The molecule has 2 aromatic heterocycles. The van der Waals surface area contributed by atoms with Gasteiger partial charge in [-0.25, -0.2) is 9.97 Å². The van der Waals surface area contributed by atoms with Crippen molar-refractivity contribution >= 4 is 33.9 Å². The Balaban J connectivity index is 2.00. The van der Waals surface area contributed by atoms with Crippen molar-refractivity contribution in [2.45, 2.75) is 20.0 Å². The van der Waals surface area contributed by atoms with Crippen molar-refractivity contribution in [3.05, 3.63) is 59.7 Å². The number of amides is 1. The summed E-state index contributed by atoms with van der Waals surface area (Å²) in [5.41, 5.74) is 7.25. The number of alkyl halides is 3. The Labute approximate surface area is 175 Å². The Morgan fingerprint density at radius 3 is 2.42 bits per heavy atom. The molecule has 0 unspecified atom stereocenters. The third-order valence-corrected chi connectivity index (χ3v) is 4.83. The maximum atomic E-state index is 13.3. The van der Waals surface area contributed by atoms with E-state index in [1.807, 2.05) is 13.8 Å². The summed E-state index contributed by atoms with van der Waals surface area (Å²) < 4.78 is 41.2. The van der Waals surface area contributed by atoms with E-state index < -0.39 is 17.6 Å². The molecule has 3 N–H and O–H groups in total. The lowest BCUT2D eigenvalue weighted by Crippen LogP contribution is -2.28. The number of rotatable bonds is 4. The maximum absolute atomic E-state index is 13.3. The van der Waals surface area contributed by atoms with Gasteiger partial charge in [0.15, 0.2) is 5.65 Å². The van der Waals surface area contributed by atoms with Crippen LogP contribution >= 0.6 is 0 Å². The second-order valence-electron chi connectivity index (χ2n) is 7.63. The second kappa shape index (κ2) is 7.57.